The van der Waals surface area contributed by atoms with Crippen LogP contribution in [0.1, 0.15) is 35.2 Å². The second-order valence-electron chi connectivity index (χ2n) is 9.60. The third-order valence-corrected chi connectivity index (χ3v) is 8.43. The third kappa shape index (κ3) is 5.17. The SMILES string of the molecule is O=C(N[C@@H](Cc1ccccc1)C(=O)Nc1ccc(S(=O)(=O)NC23CC(C2)C3)cc1)c1ccc(F)cc1. The molecule has 36 heavy (non-hydrogen) atoms. The molecule has 3 saturated carbocycles. The summed E-state index contributed by atoms with van der Waals surface area (Å²) in [5.41, 5.74) is 1.20. The Bertz CT molecular complexity index is 1360. The van der Waals surface area contributed by atoms with Gasteiger partial charge >= 0.3 is 0 Å². The molecule has 6 rings (SSSR count). The zero-order valence-corrected chi connectivity index (χ0v) is 20.2. The second kappa shape index (κ2) is 9.48. The van der Waals surface area contributed by atoms with Crippen LogP contribution in [0.25, 0.3) is 0 Å². The van der Waals surface area contributed by atoms with Gasteiger partial charge in [0.25, 0.3) is 5.91 Å². The normalized spacial score (nSPS) is 21.0. The van der Waals surface area contributed by atoms with Gasteiger partial charge < -0.3 is 10.6 Å². The highest BCUT2D eigenvalue weighted by Gasteiger charge is 2.58. The summed E-state index contributed by atoms with van der Waals surface area (Å²) >= 11 is 0. The molecule has 0 unspecified atom stereocenters. The van der Waals surface area contributed by atoms with Crippen molar-refractivity contribution in [3.8, 4) is 0 Å². The number of hydrogen-bond donors (Lipinski definition) is 3. The lowest BCUT2D eigenvalue weighted by atomic mass is 9.50. The van der Waals surface area contributed by atoms with Crippen LogP contribution in [-0.2, 0) is 21.2 Å². The van der Waals surface area contributed by atoms with Crippen molar-refractivity contribution in [2.75, 3.05) is 5.32 Å². The van der Waals surface area contributed by atoms with Crippen LogP contribution in [0.2, 0.25) is 0 Å². The van der Waals surface area contributed by atoms with Crippen molar-refractivity contribution in [1.82, 2.24) is 10.0 Å². The maximum Gasteiger partial charge on any atom is 0.251 e. The van der Waals surface area contributed by atoms with Crippen molar-refractivity contribution in [3.63, 3.8) is 0 Å². The Kier molecular flexibility index (Phi) is 6.36. The lowest BCUT2D eigenvalue weighted by Gasteiger charge is -2.61. The molecule has 3 aliphatic rings. The molecule has 3 aromatic rings. The number of carbonyl (C=O) groups is 2. The molecule has 9 heteroatoms. The van der Waals surface area contributed by atoms with Crippen molar-refractivity contribution in [1.29, 1.82) is 0 Å². The minimum atomic E-state index is -3.64. The summed E-state index contributed by atoms with van der Waals surface area (Å²) in [6.07, 6.45) is 2.92. The number of rotatable bonds is 9. The minimum Gasteiger partial charge on any atom is -0.340 e. The molecule has 7 nitrogen and oxygen atoms in total. The van der Waals surface area contributed by atoms with Crippen LogP contribution in [-0.4, -0.2) is 31.8 Å². The third-order valence-electron chi connectivity index (χ3n) is 6.83. The van der Waals surface area contributed by atoms with E-state index in [1.807, 2.05) is 30.3 Å². The molecule has 0 radical (unpaired) electrons. The predicted molar refractivity (Wildman–Crippen MR) is 133 cm³/mol. The Hall–Kier alpha value is -3.56. The summed E-state index contributed by atoms with van der Waals surface area (Å²) in [5, 5.41) is 5.48. The van der Waals surface area contributed by atoms with Crippen molar-refractivity contribution in [2.24, 2.45) is 5.92 Å². The first-order valence-corrected chi connectivity index (χ1v) is 13.2. The van der Waals surface area contributed by atoms with E-state index in [0.29, 0.717) is 11.6 Å². The lowest BCUT2D eigenvalue weighted by Crippen LogP contribution is -2.67. The van der Waals surface area contributed by atoms with Crippen molar-refractivity contribution in [2.45, 2.75) is 42.2 Å². The van der Waals surface area contributed by atoms with Crippen LogP contribution in [0.15, 0.2) is 83.8 Å². The summed E-state index contributed by atoms with van der Waals surface area (Å²) in [5.74, 6) is -0.781. The highest BCUT2D eigenvalue weighted by atomic mass is 32.2. The Morgan fingerprint density at radius 3 is 2.14 bits per heavy atom. The van der Waals surface area contributed by atoms with E-state index in [2.05, 4.69) is 15.4 Å². The van der Waals surface area contributed by atoms with Gasteiger partial charge in [-0.25, -0.2) is 17.5 Å². The molecule has 3 N–H and O–H groups in total. The van der Waals surface area contributed by atoms with Gasteiger partial charge in [-0.1, -0.05) is 30.3 Å². The van der Waals surface area contributed by atoms with Crippen molar-refractivity contribution >= 4 is 27.5 Å². The summed E-state index contributed by atoms with van der Waals surface area (Å²) < 4.78 is 41.5. The number of nitrogens with one attached hydrogen (secondary N) is 3. The molecule has 1 atom stereocenters. The smallest absolute Gasteiger partial charge is 0.251 e. The molecule has 0 spiro atoms. The molecule has 0 aliphatic heterocycles. The van der Waals surface area contributed by atoms with Gasteiger partial charge in [-0.3, -0.25) is 9.59 Å². The Morgan fingerprint density at radius 2 is 1.56 bits per heavy atom. The second-order valence-corrected chi connectivity index (χ2v) is 11.3. The van der Waals surface area contributed by atoms with Crippen LogP contribution < -0.4 is 15.4 Å². The number of anilines is 1. The van der Waals surface area contributed by atoms with Crippen molar-refractivity contribution < 1.29 is 22.4 Å². The van der Waals surface area contributed by atoms with Gasteiger partial charge in [-0.15, -0.1) is 0 Å². The van der Waals surface area contributed by atoms with Crippen LogP contribution in [0.5, 0.6) is 0 Å². The predicted octanol–water partition coefficient (Wildman–Crippen LogP) is 3.64. The number of halogens is 1. The Morgan fingerprint density at radius 1 is 0.917 bits per heavy atom. The fourth-order valence-electron chi connectivity index (χ4n) is 4.80. The number of amides is 2. The van der Waals surface area contributed by atoms with E-state index in [9.17, 15) is 22.4 Å². The van der Waals surface area contributed by atoms with Crippen LogP contribution >= 0.6 is 0 Å². The van der Waals surface area contributed by atoms with Crippen LogP contribution in [0, 0.1) is 11.7 Å². The molecule has 0 saturated heterocycles. The van der Waals surface area contributed by atoms with Gasteiger partial charge in [0.15, 0.2) is 0 Å². The maximum atomic E-state index is 13.2. The van der Waals surface area contributed by atoms with Gasteiger partial charge in [0, 0.05) is 23.2 Å². The standard InChI is InChI=1S/C27H26FN3O4S/c28-21-8-6-20(7-9-21)25(32)30-24(14-18-4-2-1-3-5-18)26(33)29-22-10-12-23(13-11-22)36(34,35)31-27-15-19(16-27)17-27/h1-13,19,24,31H,14-17H2,(H,29,33)(H,30,32)/t19?,24-,27?/m0/s1. The number of carbonyl (C=O) groups excluding carboxylic acids is 2. The Labute approximate surface area is 209 Å². The molecule has 2 bridgehead atoms. The first-order valence-electron chi connectivity index (χ1n) is 11.8. The lowest BCUT2D eigenvalue weighted by molar-refractivity contribution is -0.118. The number of benzene rings is 3. The van der Waals surface area contributed by atoms with E-state index in [1.54, 1.807) is 0 Å². The monoisotopic (exact) mass is 507 g/mol. The topological polar surface area (TPSA) is 104 Å². The molecule has 0 heterocycles. The molecular weight excluding hydrogens is 481 g/mol. The highest BCUT2D eigenvalue weighted by molar-refractivity contribution is 7.89. The number of hydrogen-bond acceptors (Lipinski definition) is 4. The van der Waals surface area contributed by atoms with Gasteiger partial charge in [0.05, 0.1) is 4.90 Å². The van der Waals surface area contributed by atoms with Gasteiger partial charge in [0.1, 0.15) is 11.9 Å². The van der Waals surface area contributed by atoms with Crippen molar-refractivity contribution in [3.05, 3.63) is 95.8 Å². The van der Waals surface area contributed by atoms with E-state index in [-0.39, 0.29) is 22.4 Å². The van der Waals surface area contributed by atoms with Gasteiger partial charge in [-0.05, 0) is 79.3 Å². The fourth-order valence-corrected chi connectivity index (χ4v) is 6.23. The van der Waals surface area contributed by atoms with E-state index in [1.165, 1.54) is 48.5 Å². The first-order chi connectivity index (χ1) is 17.2. The molecule has 186 valence electrons. The van der Waals surface area contributed by atoms with Crippen LogP contribution in [0.3, 0.4) is 0 Å². The molecule has 0 aromatic heterocycles. The number of sulfonamides is 1. The average molecular weight is 508 g/mol. The molecule has 3 fully saturated rings. The summed E-state index contributed by atoms with van der Waals surface area (Å²) in [6, 6.07) is 19.3. The van der Waals surface area contributed by atoms with E-state index < -0.39 is 33.7 Å². The van der Waals surface area contributed by atoms with Crippen LogP contribution in [0.4, 0.5) is 10.1 Å². The summed E-state index contributed by atoms with van der Waals surface area (Å²) in [4.78, 5) is 26.0. The summed E-state index contributed by atoms with van der Waals surface area (Å²) in [7, 11) is -3.64. The zero-order chi connectivity index (χ0) is 25.3. The quantitative estimate of drug-likeness (QED) is 0.411. The first kappa shape index (κ1) is 24.1. The molecule has 3 aliphatic carbocycles. The summed E-state index contributed by atoms with van der Waals surface area (Å²) in [6.45, 7) is 0. The minimum absolute atomic E-state index is 0.135. The highest BCUT2D eigenvalue weighted by Crippen LogP contribution is 2.57. The molecule has 3 aromatic carbocycles. The van der Waals surface area contributed by atoms with E-state index in [0.717, 1.165) is 24.8 Å². The van der Waals surface area contributed by atoms with Gasteiger partial charge in [0.2, 0.25) is 15.9 Å². The van der Waals surface area contributed by atoms with E-state index >= 15 is 0 Å². The Balaban J connectivity index is 1.28. The van der Waals surface area contributed by atoms with E-state index in [4.69, 9.17) is 0 Å². The largest absolute Gasteiger partial charge is 0.340 e. The van der Waals surface area contributed by atoms with Gasteiger partial charge in [-0.2, -0.15) is 0 Å². The molecular formula is C27H26FN3O4S. The zero-order valence-electron chi connectivity index (χ0n) is 19.4. The molecule has 2 amide bonds. The average Bonchev–Trinajstić information content (AvgIpc) is 2.82. The maximum absolute atomic E-state index is 13.2. The fraction of sp³-hybridized carbons (Fsp3) is 0.259.